The SMILES string of the molecule is O=C1c2c(-c3ccc4nc(C5CCCN5)[nH]c4c3)ccc(-c3ccc4nc(C5CCCN5)[nH]c4c3)c2CC12CCCCC2. The molecule has 0 bridgehead atoms. The number of nitrogens with one attached hydrogen (secondary N) is 4. The van der Waals surface area contributed by atoms with E-state index in [1.165, 1.54) is 30.4 Å². The zero-order valence-corrected chi connectivity index (χ0v) is 24.6. The van der Waals surface area contributed by atoms with Gasteiger partial charge in [-0.15, -0.1) is 0 Å². The van der Waals surface area contributed by atoms with E-state index < -0.39 is 0 Å². The van der Waals surface area contributed by atoms with Gasteiger partial charge in [0.1, 0.15) is 11.6 Å². The molecule has 3 fully saturated rings. The van der Waals surface area contributed by atoms with E-state index in [0.29, 0.717) is 17.9 Å². The minimum absolute atomic E-state index is 0.260. The Morgan fingerprint density at radius 1 is 0.674 bits per heavy atom. The van der Waals surface area contributed by atoms with Crippen molar-refractivity contribution in [3.05, 3.63) is 71.3 Å². The van der Waals surface area contributed by atoms with E-state index in [-0.39, 0.29) is 5.41 Å². The van der Waals surface area contributed by atoms with Crippen molar-refractivity contribution in [3.8, 4) is 22.3 Å². The van der Waals surface area contributed by atoms with E-state index in [4.69, 9.17) is 9.97 Å². The highest BCUT2D eigenvalue weighted by atomic mass is 16.1. The molecule has 4 N–H and O–H groups in total. The molecule has 4 aliphatic rings. The van der Waals surface area contributed by atoms with Gasteiger partial charge in [-0.2, -0.15) is 0 Å². The number of benzene rings is 3. The summed E-state index contributed by atoms with van der Waals surface area (Å²) in [6.45, 7) is 2.09. The van der Waals surface area contributed by atoms with Crippen LogP contribution in [0.25, 0.3) is 44.3 Å². The van der Waals surface area contributed by atoms with Gasteiger partial charge in [-0.3, -0.25) is 4.79 Å². The van der Waals surface area contributed by atoms with Gasteiger partial charge < -0.3 is 20.6 Å². The summed E-state index contributed by atoms with van der Waals surface area (Å²) < 4.78 is 0. The molecule has 218 valence electrons. The molecule has 2 aromatic heterocycles. The molecule has 2 unspecified atom stereocenters. The number of ketones is 1. The van der Waals surface area contributed by atoms with Crippen LogP contribution in [0.15, 0.2) is 48.5 Å². The standard InChI is InChI=1S/C36H38N6O/c43-33-32-24(22-9-13-27-31(19-22)42-35(40-27)29-7-5-17-38-29)11-10-23(25(32)20-36(33)14-2-1-3-15-36)21-8-12-26-30(18-21)41-34(39-26)28-6-4-16-37-28/h8-13,18-19,28-29,37-38H,1-7,14-17,20H2,(H,39,41)(H,40,42). The summed E-state index contributed by atoms with van der Waals surface area (Å²) in [6, 6.07) is 18.1. The Morgan fingerprint density at radius 3 is 1.84 bits per heavy atom. The van der Waals surface area contributed by atoms with Gasteiger partial charge in [0.05, 0.1) is 34.2 Å². The molecule has 1 spiro atoms. The molecule has 2 saturated heterocycles. The zero-order chi connectivity index (χ0) is 28.5. The Balaban J connectivity index is 1.16. The molecule has 2 aliphatic carbocycles. The number of fused-ring (bicyclic) bond motifs is 3. The van der Waals surface area contributed by atoms with E-state index in [2.05, 4.69) is 69.1 Å². The molecule has 7 nitrogen and oxygen atoms in total. The Hall–Kier alpha value is -3.81. The van der Waals surface area contributed by atoms with E-state index >= 15 is 0 Å². The molecule has 5 aromatic rings. The summed E-state index contributed by atoms with van der Waals surface area (Å²) in [7, 11) is 0. The first kappa shape index (κ1) is 25.7. The van der Waals surface area contributed by atoms with Gasteiger partial charge in [-0.1, -0.05) is 43.5 Å². The number of Topliss-reactive ketones (excluding diaryl/α,β-unsaturated/α-hetero) is 1. The minimum Gasteiger partial charge on any atom is -0.341 e. The van der Waals surface area contributed by atoms with Crippen molar-refractivity contribution in [2.75, 3.05) is 13.1 Å². The van der Waals surface area contributed by atoms with Gasteiger partial charge in [0.15, 0.2) is 5.78 Å². The molecule has 0 radical (unpaired) electrons. The van der Waals surface area contributed by atoms with Crippen LogP contribution in [0.1, 0.15) is 97.4 Å². The molecular weight excluding hydrogens is 532 g/mol. The molecule has 1 saturated carbocycles. The summed E-state index contributed by atoms with van der Waals surface area (Å²) in [6.07, 6.45) is 10.9. The van der Waals surface area contributed by atoms with Crippen LogP contribution in [0, 0.1) is 5.41 Å². The van der Waals surface area contributed by atoms with Crippen molar-refractivity contribution in [1.82, 2.24) is 30.6 Å². The fourth-order valence-corrected chi connectivity index (χ4v) is 8.48. The van der Waals surface area contributed by atoms with Crippen molar-refractivity contribution in [3.63, 3.8) is 0 Å². The number of hydrogen-bond acceptors (Lipinski definition) is 5. The van der Waals surface area contributed by atoms with Crippen LogP contribution in [-0.2, 0) is 6.42 Å². The van der Waals surface area contributed by atoms with E-state index in [0.717, 1.165) is 114 Å². The molecular formula is C36H38N6O. The van der Waals surface area contributed by atoms with Crippen molar-refractivity contribution >= 4 is 27.9 Å². The lowest BCUT2D eigenvalue weighted by molar-refractivity contribution is 0.0748. The van der Waals surface area contributed by atoms with Crippen molar-refractivity contribution < 1.29 is 4.79 Å². The monoisotopic (exact) mass is 570 g/mol. The summed E-state index contributed by atoms with van der Waals surface area (Å²) >= 11 is 0. The lowest BCUT2D eigenvalue weighted by Gasteiger charge is -2.31. The molecule has 43 heavy (non-hydrogen) atoms. The van der Waals surface area contributed by atoms with Crippen LogP contribution in [0.5, 0.6) is 0 Å². The van der Waals surface area contributed by atoms with Gasteiger partial charge in [0.25, 0.3) is 0 Å². The molecule has 4 heterocycles. The van der Waals surface area contributed by atoms with Gasteiger partial charge in [-0.25, -0.2) is 9.97 Å². The highest BCUT2D eigenvalue weighted by Gasteiger charge is 2.47. The third-order valence-electron chi connectivity index (χ3n) is 10.8. The highest BCUT2D eigenvalue weighted by molar-refractivity contribution is 6.12. The second kappa shape index (κ2) is 9.86. The van der Waals surface area contributed by atoms with Gasteiger partial charge >= 0.3 is 0 Å². The van der Waals surface area contributed by atoms with Crippen molar-refractivity contribution in [1.29, 1.82) is 0 Å². The largest absolute Gasteiger partial charge is 0.341 e. The smallest absolute Gasteiger partial charge is 0.170 e. The lowest BCUT2D eigenvalue weighted by Crippen LogP contribution is -2.30. The molecule has 0 amide bonds. The quantitative estimate of drug-likeness (QED) is 0.182. The minimum atomic E-state index is -0.260. The second-order valence-electron chi connectivity index (χ2n) is 13.4. The van der Waals surface area contributed by atoms with Crippen LogP contribution < -0.4 is 10.6 Å². The van der Waals surface area contributed by atoms with Crippen molar-refractivity contribution in [2.24, 2.45) is 5.41 Å². The number of aromatic amines is 2. The summed E-state index contributed by atoms with van der Waals surface area (Å²) in [4.78, 5) is 31.5. The second-order valence-corrected chi connectivity index (χ2v) is 13.4. The number of hydrogen-bond donors (Lipinski definition) is 4. The first-order chi connectivity index (χ1) is 21.1. The van der Waals surface area contributed by atoms with Crippen molar-refractivity contribution in [2.45, 2.75) is 76.3 Å². The Labute approximate surface area is 251 Å². The summed E-state index contributed by atoms with van der Waals surface area (Å²) in [5.74, 6) is 2.41. The van der Waals surface area contributed by atoms with Gasteiger partial charge in [0.2, 0.25) is 0 Å². The average molecular weight is 571 g/mol. The number of H-pyrrole nitrogens is 2. The van der Waals surface area contributed by atoms with E-state index in [1.54, 1.807) is 0 Å². The number of nitrogens with zero attached hydrogens (tertiary/aromatic N) is 2. The Kier molecular flexibility index (Phi) is 5.89. The number of carbonyl (C=O) groups excluding carboxylic acids is 1. The van der Waals surface area contributed by atoms with Crippen LogP contribution in [-0.4, -0.2) is 38.8 Å². The van der Waals surface area contributed by atoms with Crippen LogP contribution in [0.3, 0.4) is 0 Å². The highest BCUT2D eigenvalue weighted by Crippen LogP contribution is 2.52. The maximum Gasteiger partial charge on any atom is 0.170 e. The first-order valence-electron chi connectivity index (χ1n) is 16.3. The first-order valence-corrected chi connectivity index (χ1v) is 16.3. The summed E-state index contributed by atoms with van der Waals surface area (Å²) in [5.41, 5.74) is 10.5. The van der Waals surface area contributed by atoms with E-state index in [1.807, 2.05) is 0 Å². The zero-order valence-electron chi connectivity index (χ0n) is 24.6. The fraction of sp³-hybridized carbons (Fsp3) is 0.417. The molecule has 7 heteroatoms. The van der Waals surface area contributed by atoms with Gasteiger partial charge in [-0.05, 0) is 110 Å². The molecule has 2 atom stereocenters. The van der Waals surface area contributed by atoms with Crippen LogP contribution >= 0.6 is 0 Å². The predicted octanol–water partition coefficient (Wildman–Crippen LogP) is 7.31. The number of carbonyl (C=O) groups is 1. The van der Waals surface area contributed by atoms with Gasteiger partial charge in [0, 0.05) is 11.0 Å². The number of rotatable bonds is 4. The number of aromatic nitrogens is 4. The van der Waals surface area contributed by atoms with Crippen LogP contribution in [0.2, 0.25) is 0 Å². The van der Waals surface area contributed by atoms with E-state index in [9.17, 15) is 4.79 Å². The third kappa shape index (κ3) is 4.12. The topological polar surface area (TPSA) is 98.5 Å². The number of imidazole rings is 2. The Morgan fingerprint density at radius 2 is 1.26 bits per heavy atom. The Bertz CT molecular complexity index is 1880. The lowest BCUT2D eigenvalue weighted by atomic mass is 9.71. The summed E-state index contributed by atoms with van der Waals surface area (Å²) in [5, 5.41) is 7.11. The fourth-order valence-electron chi connectivity index (χ4n) is 8.48. The average Bonchev–Trinajstić information content (AvgIpc) is 3.87. The third-order valence-corrected chi connectivity index (χ3v) is 10.8. The van der Waals surface area contributed by atoms with Crippen LogP contribution in [0.4, 0.5) is 0 Å². The maximum absolute atomic E-state index is 14.5. The molecule has 3 aromatic carbocycles. The predicted molar refractivity (Wildman–Crippen MR) is 170 cm³/mol. The maximum atomic E-state index is 14.5. The molecule has 2 aliphatic heterocycles. The molecule has 9 rings (SSSR count). The normalized spacial score (nSPS) is 23.2.